The van der Waals surface area contributed by atoms with Crippen LogP contribution in [0.2, 0.25) is 0 Å². The predicted molar refractivity (Wildman–Crippen MR) is 87.0 cm³/mol. The van der Waals surface area contributed by atoms with E-state index in [1.54, 1.807) is 24.3 Å². The van der Waals surface area contributed by atoms with Crippen molar-refractivity contribution in [3.63, 3.8) is 0 Å². The Kier molecular flexibility index (Phi) is 3.83. The molecule has 0 bridgehead atoms. The molecule has 0 saturated carbocycles. The van der Waals surface area contributed by atoms with Crippen LogP contribution in [0.3, 0.4) is 0 Å². The summed E-state index contributed by atoms with van der Waals surface area (Å²) < 4.78 is 29.4. The van der Waals surface area contributed by atoms with E-state index in [0.29, 0.717) is 5.69 Å². The molecule has 0 aliphatic heterocycles. The highest BCUT2D eigenvalue weighted by Gasteiger charge is 2.16. The molecule has 112 valence electrons. The van der Waals surface area contributed by atoms with Gasteiger partial charge in [-0.05, 0) is 42.0 Å². The predicted octanol–water partition coefficient (Wildman–Crippen LogP) is 3.88. The highest BCUT2D eigenvalue weighted by molar-refractivity contribution is 7.86. The molecule has 3 aromatic rings. The summed E-state index contributed by atoms with van der Waals surface area (Å²) >= 11 is 0. The molecule has 0 radical (unpaired) electrons. The molecule has 0 atom stereocenters. The fourth-order valence-electron chi connectivity index (χ4n) is 2.10. The Labute approximate surface area is 129 Å². The van der Waals surface area contributed by atoms with Crippen LogP contribution in [0.5, 0.6) is 0 Å². The smallest absolute Gasteiger partial charge is 0.249 e. The summed E-state index contributed by atoms with van der Waals surface area (Å²) in [6, 6.07) is 19.7. The Morgan fingerprint density at radius 3 is 2.27 bits per heavy atom. The number of nitrogens with one attached hydrogen (secondary N) is 1. The largest absolute Gasteiger partial charge is 0.317 e. The third-order valence-corrected chi connectivity index (χ3v) is 4.46. The van der Waals surface area contributed by atoms with E-state index in [2.05, 4.69) is 5.48 Å². The zero-order chi connectivity index (χ0) is 15.6. The van der Waals surface area contributed by atoms with E-state index in [1.165, 1.54) is 6.07 Å². The van der Waals surface area contributed by atoms with Gasteiger partial charge in [0.1, 0.15) is 0 Å². The first-order valence-corrected chi connectivity index (χ1v) is 8.20. The zero-order valence-electron chi connectivity index (χ0n) is 12.0. The lowest BCUT2D eigenvalue weighted by Gasteiger charge is -2.08. The topological polar surface area (TPSA) is 55.4 Å². The highest BCUT2D eigenvalue weighted by Crippen LogP contribution is 2.21. The van der Waals surface area contributed by atoms with E-state index in [9.17, 15) is 8.42 Å². The van der Waals surface area contributed by atoms with Crippen LogP contribution < -0.4 is 5.48 Å². The molecule has 0 spiro atoms. The third-order valence-electron chi connectivity index (χ3n) is 3.33. The SMILES string of the molecule is Cc1ccc(NOS(=O)(=O)c2ccc3ccccc3c2)cc1. The van der Waals surface area contributed by atoms with Crippen molar-refractivity contribution in [2.24, 2.45) is 0 Å². The van der Waals surface area contributed by atoms with E-state index >= 15 is 0 Å². The van der Waals surface area contributed by atoms with Crippen molar-refractivity contribution < 1.29 is 12.7 Å². The lowest BCUT2D eigenvalue weighted by Crippen LogP contribution is -2.11. The average Bonchev–Trinajstić information content (AvgIpc) is 2.54. The maximum Gasteiger partial charge on any atom is 0.317 e. The molecule has 5 heteroatoms. The Morgan fingerprint density at radius 1 is 0.864 bits per heavy atom. The van der Waals surface area contributed by atoms with Crippen LogP contribution in [0.1, 0.15) is 5.56 Å². The number of hydrogen-bond acceptors (Lipinski definition) is 4. The van der Waals surface area contributed by atoms with Gasteiger partial charge in [0.15, 0.2) is 0 Å². The highest BCUT2D eigenvalue weighted by atomic mass is 32.2. The van der Waals surface area contributed by atoms with E-state index < -0.39 is 10.1 Å². The van der Waals surface area contributed by atoms with Gasteiger partial charge in [0.2, 0.25) is 0 Å². The van der Waals surface area contributed by atoms with Crippen molar-refractivity contribution in [2.45, 2.75) is 11.8 Å². The molecule has 0 heterocycles. The van der Waals surface area contributed by atoms with Gasteiger partial charge in [0.25, 0.3) is 0 Å². The summed E-state index contributed by atoms with van der Waals surface area (Å²) in [6.07, 6.45) is 0. The summed E-state index contributed by atoms with van der Waals surface area (Å²) in [5.41, 5.74) is 4.14. The molecule has 0 aromatic heterocycles. The molecule has 0 aliphatic rings. The molecule has 0 aliphatic carbocycles. The van der Waals surface area contributed by atoms with Gasteiger partial charge < -0.3 is 0 Å². The molecule has 0 fully saturated rings. The molecular weight excluding hydrogens is 298 g/mol. The Hall–Kier alpha value is -2.37. The van der Waals surface area contributed by atoms with Crippen molar-refractivity contribution in [3.8, 4) is 0 Å². The molecule has 0 saturated heterocycles. The Morgan fingerprint density at radius 2 is 1.55 bits per heavy atom. The summed E-state index contributed by atoms with van der Waals surface area (Å²) in [7, 11) is -3.87. The minimum atomic E-state index is -3.87. The van der Waals surface area contributed by atoms with Crippen LogP contribution in [0.15, 0.2) is 71.6 Å². The van der Waals surface area contributed by atoms with Gasteiger partial charge in [-0.1, -0.05) is 48.0 Å². The lowest BCUT2D eigenvalue weighted by molar-refractivity contribution is 0.391. The van der Waals surface area contributed by atoms with Crippen LogP contribution in [-0.2, 0) is 14.4 Å². The van der Waals surface area contributed by atoms with Crippen molar-refractivity contribution in [1.29, 1.82) is 0 Å². The van der Waals surface area contributed by atoms with Gasteiger partial charge in [0.05, 0.1) is 10.6 Å². The van der Waals surface area contributed by atoms with Gasteiger partial charge in [-0.15, -0.1) is 4.28 Å². The fourth-order valence-corrected chi connectivity index (χ4v) is 2.90. The van der Waals surface area contributed by atoms with E-state index in [-0.39, 0.29) is 4.90 Å². The van der Waals surface area contributed by atoms with Crippen molar-refractivity contribution in [2.75, 3.05) is 5.48 Å². The van der Waals surface area contributed by atoms with E-state index in [1.807, 2.05) is 43.3 Å². The average molecular weight is 313 g/mol. The number of benzene rings is 3. The van der Waals surface area contributed by atoms with Crippen molar-refractivity contribution >= 4 is 26.6 Å². The second kappa shape index (κ2) is 5.79. The van der Waals surface area contributed by atoms with Crippen molar-refractivity contribution in [3.05, 3.63) is 72.3 Å². The Bertz CT molecular complexity index is 903. The normalized spacial score (nSPS) is 11.5. The van der Waals surface area contributed by atoms with Gasteiger partial charge in [0, 0.05) is 0 Å². The first-order valence-electron chi connectivity index (χ1n) is 6.79. The monoisotopic (exact) mass is 313 g/mol. The molecule has 22 heavy (non-hydrogen) atoms. The number of fused-ring (bicyclic) bond motifs is 1. The van der Waals surface area contributed by atoms with Crippen LogP contribution in [-0.4, -0.2) is 8.42 Å². The van der Waals surface area contributed by atoms with Crippen LogP contribution >= 0.6 is 0 Å². The minimum absolute atomic E-state index is 0.116. The second-order valence-electron chi connectivity index (χ2n) is 5.01. The first kappa shape index (κ1) is 14.6. The summed E-state index contributed by atoms with van der Waals surface area (Å²) in [6.45, 7) is 1.95. The van der Waals surface area contributed by atoms with Gasteiger partial charge in [-0.2, -0.15) is 8.42 Å². The third kappa shape index (κ3) is 3.10. The van der Waals surface area contributed by atoms with Gasteiger partial charge in [-0.3, -0.25) is 0 Å². The molecule has 1 N–H and O–H groups in total. The standard InChI is InChI=1S/C17H15NO3S/c1-13-6-9-16(10-7-13)18-21-22(19,20)17-11-8-14-4-2-3-5-15(14)12-17/h2-12,18H,1H3. The molecule has 4 nitrogen and oxygen atoms in total. The zero-order valence-corrected chi connectivity index (χ0v) is 12.8. The van der Waals surface area contributed by atoms with Crippen LogP contribution in [0.4, 0.5) is 5.69 Å². The summed E-state index contributed by atoms with van der Waals surface area (Å²) in [5, 5.41) is 1.83. The quantitative estimate of drug-likeness (QED) is 0.743. The number of aryl methyl sites for hydroxylation is 1. The van der Waals surface area contributed by atoms with Crippen LogP contribution in [0, 0.1) is 6.92 Å². The molecule has 0 amide bonds. The maximum absolute atomic E-state index is 12.2. The lowest BCUT2D eigenvalue weighted by atomic mass is 10.1. The number of hydrogen-bond donors (Lipinski definition) is 1. The van der Waals surface area contributed by atoms with E-state index in [4.69, 9.17) is 4.28 Å². The molecule has 0 unspecified atom stereocenters. The molecule has 3 aromatic carbocycles. The summed E-state index contributed by atoms with van der Waals surface area (Å²) in [5.74, 6) is 0. The molecule has 3 rings (SSSR count). The second-order valence-corrected chi connectivity index (χ2v) is 6.56. The molecular formula is C17H15NO3S. The van der Waals surface area contributed by atoms with Crippen LogP contribution in [0.25, 0.3) is 10.8 Å². The Balaban J connectivity index is 1.83. The fraction of sp³-hybridized carbons (Fsp3) is 0.0588. The van der Waals surface area contributed by atoms with E-state index in [0.717, 1.165) is 16.3 Å². The summed E-state index contributed by atoms with van der Waals surface area (Å²) in [4.78, 5) is 0.116. The maximum atomic E-state index is 12.2. The number of anilines is 1. The minimum Gasteiger partial charge on any atom is -0.249 e. The first-order chi connectivity index (χ1) is 10.5. The van der Waals surface area contributed by atoms with Gasteiger partial charge >= 0.3 is 10.1 Å². The number of rotatable bonds is 4. The van der Waals surface area contributed by atoms with Gasteiger partial charge in [-0.25, -0.2) is 5.48 Å². The van der Waals surface area contributed by atoms with Crippen molar-refractivity contribution in [1.82, 2.24) is 0 Å².